The van der Waals surface area contributed by atoms with Crippen LogP contribution in [0.25, 0.3) is 11.1 Å². The number of hydrogen-bond donors (Lipinski definition) is 0. The molecule has 0 radical (unpaired) electrons. The van der Waals surface area contributed by atoms with Gasteiger partial charge in [0, 0.05) is 24.0 Å². The number of halogens is 2. The maximum atomic E-state index is 13.6. The molecule has 1 saturated heterocycles. The zero-order valence-corrected chi connectivity index (χ0v) is 12.1. The van der Waals surface area contributed by atoms with Gasteiger partial charge in [-0.2, -0.15) is 0 Å². The molecule has 0 N–H and O–H groups in total. The summed E-state index contributed by atoms with van der Waals surface area (Å²) in [5.41, 5.74) is 2.93. The molecular formula is C16H16ClFN2. The normalized spacial score (nSPS) is 19.4. The lowest BCUT2D eigenvalue weighted by Gasteiger charge is -2.20. The molecule has 0 saturated carbocycles. The van der Waals surface area contributed by atoms with Gasteiger partial charge < -0.3 is 0 Å². The Labute approximate surface area is 123 Å². The minimum Gasteiger partial charge on any atom is -0.299 e. The van der Waals surface area contributed by atoms with Crippen molar-refractivity contribution >= 4 is 11.6 Å². The highest BCUT2D eigenvalue weighted by Gasteiger charge is 2.23. The highest BCUT2D eigenvalue weighted by atomic mass is 35.5. The van der Waals surface area contributed by atoms with E-state index in [2.05, 4.69) is 23.0 Å². The van der Waals surface area contributed by atoms with Crippen LogP contribution >= 0.6 is 11.6 Å². The first-order chi connectivity index (χ1) is 9.65. The summed E-state index contributed by atoms with van der Waals surface area (Å²) in [6, 6.07) is 7.38. The Morgan fingerprint density at radius 3 is 2.80 bits per heavy atom. The predicted octanol–water partition coefficient (Wildman–Crippen LogP) is 4.31. The lowest BCUT2D eigenvalue weighted by molar-refractivity contribution is 0.317. The van der Waals surface area contributed by atoms with Crippen molar-refractivity contribution in [2.24, 2.45) is 0 Å². The van der Waals surface area contributed by atoms with Crippen LogP contribution in [-0.2, 0) is 0 Å². The van der Waals surface area contributed by atoms with Gasteiger partial charge in [-0.25, -0.2) is 4.39 Å². The summed E-state index contributed by atoms with van der Waals surface area (Å²) in [5, 5.41) is 0.147. The van der Waals surface area contributed by atoms with Gasteiger partial charge in [-0.3, -0.25) is 9.88 Å². The Hall–Kier alpha value is -1.45. The van der Waals surface area contributed by atoms with E-state index in [0.717, 1.165) is 24.1 Å². The monoisotopic (exact) mass is 290 g/mol. The molecule has 0 amide bonds. The number of nitrogens with zero attached hydrogens (tertiary/aromatic N) is 2. The van der Waals surface area contributed by atoms with Gasteiger partial charge in [-0.05, 0) is 55.8 Å². The molecular weight excluding hydrogens is 275 g/mol. The van der Waals surface area contributed by atoms with E-state index >= 15 is 0 Å². The minimum absolute atomic E-state index is 0.147. The number of aromatic nitrogens is 1. The molecule has 2 nitrogen and oxygen atoms in total. The largest absolute Gasteiger partial charge is 0.299 e. The first-order valence-corrected chi connectivity index (χ1v) is 7.13. The molecule has 0 bridgehead atoms. The van der Waals surface area contributed by atoms with E-state index in [9.17, 15) is 4.39 Å². The molecule has 1 aliphatic heterocycles. The summed E-state index contributed by atoms with van der Waals surface area (Å²) in [7, 11) is 2.13. The van der Waals surface area contributed by atoms with Crippen LogP contribution in [0, 0.1) is 5.82 Å². The van der Waals surface area contributed by atoms with Gasteiger partial charge in [-0.1, -0.05) is 17.7 Å². The fraction of sp³-hybridized carbons (Fsp3) is 0.312. The molecule has 4 heteroatoms. The van der Waals surface area contributed by atoms with Crippen LogP contribution in [0.3, 0.4) is 0 Å². The van der Waals surface area contributed by atoms with Crippen molar-refractivity contribution in [1.29, 1.82) is 0 Å². The second-order valence-corrected chi connectivity index (χ2v) is 5.68. The smallest absolute Gasteiger partial charge is 0.142 e. The molecule has 2 heterocycles. The maximum absolute atomic E-state index is 13.6. The highest BCUT2D eigenvalue weighted by molar-refractivity contribution is 6.30. The third-order valence-corrected chi connectivity index (χ3v) is 4.22. The average molecular weight is 291 g/mol. The van der Waals surface area contributed by atoms with E-state index in [-0.39, 0.29) is 5.02 Å². The first-order valence-electron chi connectivity index (χ1n) is 6.76. The van der Waals surface area contributed by atoms with E-state index in [4.69, 9.17) is 11.6 Å². The first kappa shape index (κ1) is 13.5. The topological polar surface area (TPSA) is 16.1 Å². The van der Waals surface area contributed by atoms with Crippen molar-refractivity contribution in [3.05, 3.63) is 53.1 Å². The van der Waals surface area contributed by atoms with Crippen LogP contribution in [0.15, 0.2) is 36.7 Å². The molecule has 0 aliphatic carbocycles. The summed E-state index contributed by atoms with van der Waals surface area (Å²) in [6.45, 7) is 1.12. The van der Waals surface area contributed by atoms with Crippen molar-refractivity contribution < 1.29 is 4.39 Å². The van der Waals surface area contributed by atoms with Crippen LogP contribution in [0.5, 0.6) is 0 Å². The second-order valence-electron chi connectivity index (χ2n) is 5.27. The Balaban J connectivity index is 1.96. The summed E-state index contributed by atoms with van der Waals surface area (Å²) < 4.78 is 13.6. The third kappa shape index (κ3) is 2.56. The van der Waals surface area contributed by atoms with Crippen LogP contribution in [0.1, 0.15) is 24.4 Å². The van der Waals surface area contributed by atoms with E-state index in [0.29, 0.717) is 6.04 Å². The Morgan fingerprint density at radius 1 is 1.25 bits per heavy atom. The van der Waals surface area contributed by atoms with Gasteiger partial charge in [0.2, 0.25) is 0 Å². The van der Waals surface area contributed by atoms with Crippen LogP contribution < -0.4 is 0 Å². The van der Waals surface area contributed by atoms with Gasteiger partial charge in [0.15, 0.2) is 0 Å². The summed E-state index contributed by atoms with van der Waals surface area (Å²) >= 11 is 5.72. The fourth-order valence-electron chi connectivity index (χ4n) is 2.80. The van der Waals surface area contributed by atoms with Crippen molar-refractivity contribution in [2.45, 2.75) is 18.9 Å². The molecule has 2 aromatic rings. The van der Waals surface area contributed by atoms with Crippen LogP contribution in [-0.4, -0.2) is 23.5 Å². The van der Waals surface area contributed by atoms with E-state index in [1.807, 2.05) is 12.3 Å². The number of benzene rings is 1. The lowest BCUT2D eigenvalue weighted by atomic mass is 10.0. The van der Waals surface area contributed by atoms with Crippen molar-refractivity contribution in [3.8, 4) is 11.1 Å². The third-order valence-electron chi connectivity index (χ3n) is 3.92. The quantitative estimate of drug-likeness (QED) is 0.819. The number of rotatable bonds is 2. The molecule has 1 aliphatic rings. The van der Waals surface area contributed by atoms with Crippen LogP contribution in [0.2, 0.25) is 5.02 Å². The highest BCUT2D eigenvalue weighted by Crippen LogP contribution is 2.32. The van der Waals surface area contributed by atoms with Crippen molar-refractivity contribution in [2.75, 3.05) is 13.6 Å². The standard InChI is InChI=1S/C16H16ClFN2/c1-20-6-2-3-16(20)13-7-12(9-19-10-13)11-4-5-14(17)15(18)8-11/h4-5,7-10,16H,2-3,6H2,1H3. The average Bonchev–Trinajstić information content (AvgIpc) is 2.88. The molecule has 104 valence electrons. The molecule has 1 unspecified atom stereocenters. The fourth-order valence-corrected chi connectivity index (χ4v) is 2.92. The number of hydrogen-bond acceptors (Lipinski definition) is 2. The van der Waals surface area contributed by atoms with Gasteiger partial charge in [0.05, 0.1) is 5.02 Å². The summed E-state index contributed by atoms with van der Waals surface area (Å²) in [4.78, 5) is 6.65. The van der Waals surface area contributed by atoms with Crippen molar-refractivity contribution in [1.82, 2.24) is 9.88 Å². The van der Waals surface area contributed by atoms with Gasteiger partial charge >= 0.3 is 0 Å². The van der Waals surface area contributed by atoms with Crippen LogP contribution in [0.4, 0.5) is 4.39 Å². The number of likely N-dealkylation sites (tertiary alicyclic amines) is 1. The Morgan fingerprint density at radius 2 is 2.10 bits per heavy atom. The van der Waals surface area contributed by atoms with E-state index in [1.54, 1.807) is 12.3 Å². The van der Waals surface area contributed by atoms with E-state index in [1.165, 1.54) is 18.1 Å². The number of pyridine rings is 1. The minimum atomic E-state index is -0.396. The Bertz CT molecular complexity index is 630. The van der Waals surface area contributed by atoms with Gasteiger partial charge in [0.25, 0.3) is 0 Å². The lowest BCUT2D eigenvalue weighted by Crippen LogP contribution is -2.17. The zero-order chi connectivity index (χ0) is 14.1. The SMILES string of the molecule is CN1CCCC1c1cncc(-c2ccc(Cl)c(F)c2)c1. The maximum Gasteiger partial charge on any atom is 0.142 e. The summed E-state index contributed by atoms with van der Waals surface area (Å²) in [5.74, 6) is -0.396. The molecule has 20 heavy (non-hydrogen) atoms. The van der Waals surface area contributed by atoms with Gasteiger partial charge in [-0.15, -0.1) is 0 Å². The molecule has 3 rings (SSSR count). The molecule has 1 aromatic carbocycles. The second kappa shape index (κ2) is 5.51. The summed E-state index contributed by atoms with van der Waals surface area (Å²) in [6.07, 6.45) is 6.03. The molecule has 1 atom stereocenters. The zero-order valence-electron chi connectivity index (χ0n) is 11.3. The molecule has 1 fully saturated rings. The Kier molecular flexibility index (Phi) is 3.72. The predicted molar refractivity (Wildman–Crippen MR) is 79.2 cm³/mol. The van der Waals surface area contributed by atoms with Crippen molar-refractivity contribution in [3.63, 3.8) is 0 Å². The molecule has 0 spiro atoms. The van der Waals surface area contributed by atoms with Gasteiger partial charge in [0.1, 0.15) is 5.82 Å². The molecule has 1 aromatic heterocycles. The van der Waals surface area contributed by atoms with E-state index < -0.39 is 5.82 Å².